The predicted molar refractivity (Wildman–Crippen MR) is 70.2 cm³/mol. The van der Waals surface area contributed by atoms with Crippen LogP contribution in [0.3, 0.4) is 0 Å². The molecule has 0 aromatic heterocycles. The summed E-state index contributed by atoms with van der Waals surface area (Å²) in [6, 6.07) is 0.0118. The third-order valence-corrected chi connectivity index (χ3v) is 4.09. The van der Waals surface area contributed by atoms with Gasteiger partial charge in [0.2, 0.25) is 5.91 Å². The van der Waals surface area contributed by atoms with Gasteiger partial charge in [-0.25, -0.2) is 0 Å². The lowest BCUT2D eigenvalue weighted by molar-refractivity contribution is -0.120. The first kappa shape index (κ1) is 15.4. The van der Waals surface area contributed by atoms with Crippen LogP contribution in [0.15, 0.2) is 0 Å². The summed E-state index contributed by atoms with van der Waals surface area (Å²) >= 11 is 0. The summed E-state index contributed by atoms with van der Waals surface area (Å²) in [6.07, 6.45) is 5.46. The zero-order valence-corrected chi connectivity index (χ0v) is 11.8. The van der Waals surface area contributed by atoms with Gasteiger partial charge in [-0.15, -0.1) is 0 Å². The van der Waals surface area contributed by atoms with Crippen LogP contribution in [-0.4, -0.2) is 33.0 Å². The van der Waals surface area contributed by atoms with E-state index < -0.39 is 10.2 Å². The van der Waals surface area contributed by atoms with Gasteiger partial charge in [-0.1, -0.05) is 19.3 Å². The third kappa shape index (κ3) is 6.32. The Bertz CT molecular complexity index is 362. The SMILES string of the molecule is CC(C)NS(=O)(=O)NCC(=O)NC1CCCCC1. The molecule has 0 unspecified atom stereocenters. The van der Waals surface area contributed by atoms with Crippen molar-refractivity contribution < 1.29 is 13.2 Å². The molecule has 1 amide bonds. The van der Waals surface area contributed by atoms with Crippen molar-refractivity contribution in [2.24, 2.45) is 0 Å². The largest absolute Gasteiger partial charge is 0.352 e. The summed E-state index contributed by atoms with van der Waals surface area (Å²) in [7, 11) is -3.58. The van der Waals surface area contributed by atoms with Gasteiger partial charge in [0.05, 0.1) is 6.54 Å². The lowest BCUT2D eigenvalue weighted by atomic mass is 9.95. The van der Waals surface area contributed by atoms with Gasteiger partial charge in [-0.2, -0.15) is 17.9 Å². The molecule has 106 valence electrons. The summed E-state index contributed by atoms with van der Waals surface area (Å²) in [5, 5.41) is 2.85. The molecule has 3 N–H and O–H groups in total. The maximum Gasteiger partial charge on any atom is 0.277 e. The molecule has 1 rings (SSSR count). The van der Waals surface area contributed by atoms with Crippen molar-refractivity contribution >= 4 is 16.1 Å². The van der Waals surface area contributed by atoms with Crippen molar-refractivity contribution in [2.45, 2.75) is 58.0 Å². The second-order valence-electron chi connectivity index (χ2n) is 5.00. The highest BCUT2D eigenvalue weighted by atomic mass is 32.2. The lowest BCUT2D eigenvalue weighted by Gasteiger charge is -2.22. The molecule has 0 bridgehead atoms. The number of nitrogens with one attached hydrogen (secondary N) is 3. The van der Waals surface area contributed by atoms with Crippen LogP contribution in [0.2, 0.25) is 0 Å². The molecule has 0 spiro atoms. The van der Waals surface area contributed by atoms with E-state index in [1.54, 1.807) is 13.8 Å². The fraction of sp³-hybridized carbons (Fsp3) is 0.909. The normalized spacial score (nSPS) is 17.9. The van der Waals surface area contributed by atoms with Crippen molar-refractivity contribution in [3.63, 3.8) is 0 Å². The van der Waals surface area contributed by atoms with E-state index in [2.05, 4.69) is 14.8 Å². The minimum absolute atomic E-state index is 0.191. The molecule has 0 aromatic rings. The first-order valence-corrected chi connectivity index (χ1v) is 7.93. The Labute approximate surface area is 109 Å². The number of amides is 1. The topological polar surface area (TPSA) is 87.3 Å². The maximum absolute atomic E-state index is 11.6. The minimum Gasteiger partial charge on any atom is -0.352 e. The molecule has 1 fully saturated rings. The number of carbonyl (C=O) groups excluding carboxylic acids is 1. The van der Waals surface area contributed by atoms with E-state index in [1.807, 2.05) is 0 Å². The Morgan fingerprint density at radius 1 is 1.22 bits per heavy atom. The molecule has 7 heteroatoms. The lowest BCUT2D eigenvalue weighted by Crippen LogP contribution is -2.46. The smallest absolute Gasteiger partial charge is 0.277 e. The van der Waals surface area contributed by atoms with Crippen molar-refractivity contribution in [3.05, 3.63) is 0 Å². The first-order valence-electron chi connectivity index (χ1n) is 6.45. The van der Waals surface area contributed by atoms with E-state index in [0.29, 0.717) is 0 Å². The monoisotopic (exact) mass is 277 g/mol. The number of rotatable bonds is 6. The highest BCUT2D eigenvalue weighted by Gasteiger charge is 2.17. The van der Waals surface area contributed by atoms with Gasteiger partial charge in [-0.05, 0) is 26.7 Å². The van der Waals surface area contributed by atoms with Crippen molar-refractivity contribution in [3.8, 4) is 0 Å². The fourth-order valence-corrected chi connectivity index (χ4v) is 3.06. The quantitative estimate of drug-likeness (QED) is 0.651. The number of hydrogen-bond donors (Lipinski definition) is 3. The van der Waals surface area contributed by atoms with Gasteiger partial charge in [0.25, 0.3) is 10.2 Å². The van der Waals surface area contributed by atoms with Gasteiger partial charge in [0.1, 0.15) is 0 Å². The number of carbonyl (C=O) groups is 1. The Morgan fingerprint density at radius 3 is 2.39 bits per heavy atom. The van der Waals surface area contributed by atoms with E-state index in [1.165, 1.54) is 6.42 Å². The van der Waals surface area contributed by atoms with Crippen LogP contribution >= 0.6 is 0 Å². The minimum atomic E-state index is -3.58. The molecule has 0 radical (unpaired) electrons. The Morgan fingerprint density at radius 2 is 1.83 bits per heavy atom. The molecule has 6 nitrogen and oxygen atoms in total. The molecule has 18 heavy (non-hydrogen) atoms. The summed E-state index contributed by atoms with van der Waals surface area (Å²) < 4.78 is 27.5. The molecule has 1 aliphatic carbocycles. The summed E-state index contributed by atoms with van der Waals surface area (Å²) in [5.41, 5.74) is 0. The molecular weight excluding hydrogens is 254 g/mol. The number of hydrogen-bond acceptors (Lipinski definition) is 3. The summed E-state index contributed by atoms with van der Waals surface area (Å²) in [6.45, 7) is 3.24. The second-order valence-corrected chi connectivity index (χ2v) is 6.53. The molecule has 0 atom stereocenters. The fourth-order valence-electron chi connectivity index (χ4n) is 2.04. The average molecular weight is 277 g/mol. The van der Waals surface area contributed by atoms with E-state index >= 15 is 0 Å². The first-order chi connectivity index (χ1) is 8.39. The van der Waals surface area contributed by atoms with Crippen molar-refractivity contribution in [1.82, 2.24) is 14.8 Å². The second kappa shape index (κ2) is 7.06. The summed E-state index contributed by atoms with van der Waals surface area (Å²) in [4.78, 5) is 11.6. The molecule has 0 heterocycles. The Kier molecular flexibility index (Phi) is 6.04. The van der Waals surface area contributed by atoms with Crippen LogP contribution in [-0.2, 0) is 15.0 Å². The third-order valence-electron chi connectivity index (χ3n) is 2.78. The van der Waals surface area contributed by atoms with Crippen LogP contribution in [0, 0.1) is 0 Å². The van der Waals surface area contributed by atoms with Gasteiger partial charge >= 0.3 is 0 Å². The van der Waals surface area contributed by atoms with Gasteiger partial charge < -0.3 is 5.32 Å². The van der Waals surface area contributed by atoms with Crippen LogP contribution in [0.1, 0.15) is 46.0 Å². The van der Waals surface area contributed by atoms with Crippen LogP contribution in [0.25, 0.3) is 0 Å². The highest BCUT2D eigenvalue weighted by Crippen LogP contribution is 2.16. The van der Waals surface area contributed by atoms with E-state index in [0.717, 1.165) is 25.7 Å². The van der Waals surface area contributed by atoms with Gasteiger partial charge in [-0.3, -0.25) is 4.79 Å². The zero-order chi connectivity index (χ0) is 13.6. The molecule has 0 aliphatic heterocycles. The molecule has 1 aliphatic rings. The van der Waals surface area contributed by atoms with E-state index in [4.69, 9.17) is 0 Å². The summed E-state index contributed by atoms with van der Waals surface area (Å²) in [5.74, 6) is -0.268. The van der Waals surface area contributed by atoms with Crippen LogP contribution in [0.4, 0.5) is 0 Å². The highest BCUT2D eigenvalue weighted by molar-refractivity contribution is 7.87. The zero-order valence-electron chi connectivity index (χ0n) is 11.0. The van der Waals surface area contributed by atoms with Crippen molar-refractivity contribution in [1.29, 1.82) is 0 Å². The molecule has 0 saturated heterocycles. The predicted octanol–water partition coefficient (Wildman–Crippen LogP) is 0.268. The average Bonchev–Trinajstić information content (AvgIpc) is 2.26. The standard InChI is InChI=1S/C11H23N3O3S/c1-9(2)14-18(16,17)12-8-11(15)13-10-6-4-3-5-7-10/h9-10,12,14H,3-8H2,1-2H3,(H,13,15). The molecule has 1 saturated carbocycles. The van der Waals surface area contributed by atoms with Crippen molar-refractivity contribution in [2.75, 3.05) is 6.54 Å². The Hall–Kier alpha value is -0.660. The molecule has 0 aromatic carbocycles. The van der Waals surface area contributed by atoms with Gasteiger partial charge in [0.15, 0.2) is 0 Å². The Balaban J connectivity index is 2.27. The van der Waals surface area contributed by atoms with Gasteiger partial charge in [0, 0.05) is 12.1 Å². The van der Waals surface area contributed by atoms with E-state index in [-0.39, 0.29) is 24.5 Å². The van der Waals surface area contributed by atoms with E-state index in [9.17, 15) is 13.2 Å². The van der Waals surface area contributed by atoms with Crippen LogP contribution in [0.5, 0.6) is 0 Å². The van der Waals surface area contributed by atoms with Crippen LogP contribution < -0.4 is 14.8 Å². The maximum atomic E-state index is 11.6. The molecular formula is C11H23N3O3S.